The van der Waals surface area contributed by atoms with E-state index in [1.54, 1.807) is 6.92 Å². The van der Waals surface area contributed by atoms with Crippen molar-refractivity contribution in [2.24, 2.45) is 0 Å². The summed E-state index contributed by atoms with van der Waals surface area (Å²) < 4.78 is 4.80. The molecule has 100 valence electrons. The Balaban J connectivity index is 1.85. The lowest BCUT2D eigenvalue weighted by molar-refractivity contribution is 0.168. The summed E-state index contributed by atoms with van der Waals surface area (Å²) in [6.07, 6.45) is 1.46. The number of carbonyl (C=O) groups is 1. The van der Waals surface area contributed by atoms with Gasteiger partial charge in [0.2, 0.25) is 0 Å². The van der Waals surface area contributed by atoms with Gasteiger partial charge < -0.3 is 15.0 Å². The van der Waals surface area contributed by atoms with Crippen molar-refractivity contribution in [1.82, 2.24) is 4.98 Å². The molecule has 0 bridgehead atoms. The summed E-state index contributed by atoms with van der Waals surface area (Å²) in [5, 5.41) is 5.92. The Morgan fingerprint density at radius 2 is 1.95 bits per heavy atom. The molecule has 2 rings (SSSR count). The fourth-order valence-electron chi connectivity index (χ4n) is 1.63. The van der Waals surface area contributed by atoms with Crippen molar-refractivity contribution >= 4 is 17.5 Å². The highest BCUT2D eigenvalue weighted by Gasteiger charge is 2.01. The van der Waals surface area contributed by atoms with Crippen LogP contribution in [0.3, 0.4) is 0 Å². The number of rotatable bonds is 5. The number of benzene rings is 1. The third-order valence-electron chi connectivity index (χ3n) is 2.55. The summed E-state index contributed by atoms with van der Waals surface area (Å²) in [6, 6.07) is 11.4. The van der Waals surface area contributed by atoms with Crippen molar-refractivity contribution in [3.63, 3.8) is 0 Å². The van der Waals surface area contributed by atoms with E-state index in [1.807, 2.05) is 42.6 Å². The molecule has 1 aromatic carbocycles. The fourth-order valence-corrected chi connectivity index (χ4v) is 1.63. The summed E-state index contributed by atoms with van der Waals surface area (Å²) in [4.78, 5) is 14.3. The number of nitrogens with one attached hydrogen (secondary N) is 3. The Labute approximate surface area is 112 Å². The number of H-pyrrole nitrogens is 1. The first-order valence-corrected chi connectivity index (χ1v) is 6.18. The smallest absolute Gasteiger partial charge is 0.411 e. The van der Waals surface area contributed by atoms with Gasteiger partial charge in [-0.1, -0.05) is 0 Å². The van der Waals surface area contributed by atoms with E-state index in [0.717, 1.165) is 17.9 Å². The van der Waals surface area contributed by atoms with E-state index < -0.39 is 6.09 Å². The highest BCUT2D eigenvalue weighted by Crippen LogP contribution is 2.14. The van der Waals surface area contributed by atoms with Gasteiger partial charge in [-0.2, -0.15) is 0 Å². The fraction of sp³-hybridized carbons (Fsp3) is 0.214. The van der Waals surface area contributed by atoms with Gasteiger partial charge in [0.05, 0.1) is 13.2 Å². The number of hydrogen-bond donors (Lipinski definition) is 3. The highest BCUT2D eigenvalue weighted by molar-refractivity contribution is 5.84. The molecular formula is C14H17N3O2. The number of carbonyl (C=O) groups excluding carboxylic acids is 1. The van der Waals surface area contributed by atoms with Crippen LogP contribution in [0.25, 0.3) is 0 Å². The lowest BCUT2D eigenvalue weighted by Gasteiger charge is -2.08. The standard InChI is InChI=1S/C14H17N3O2/c1-2-19-14(18)17-12-7-5-11(6-8-12)16-10-13-4-3-9-15-13/h3-9,15-16H,2,10H2,1H3,(H,17,18). The van der Waals surface area contributed by atoms with E-state index in [4.69, 9.17) is 4.74 Å². The van der Waals surface area contributed by atoms with E-state index in [2.05, 4.69) is 15.6 Å². The molecule has 2 aromatic rings. The Hall–Kier alpha value is -2.43. The lowest BCUT2D eigenvalue weighted by Crippen LogP contribution is -2.13. The van der Waals surface area contributed by atoms with Gasteiger partial charge in [-0.25, -0.2) is 4.79 Å². The zero-order valence-corrected chi connectivity index (χ0v) is 10.8. The van der Waals surface area contributed by atoms with E-state index >= 15 is 0 Å². The quantitative estimate of drug-likeness (QED) is 0.772. The topological polar surface area (TPSA) is 66.2 Å². The van der Waals surface area contributed by atoms with Crippen molar-refractivity contribution in [1.29, 1.82) is 0 Å². The van der Waals surface area contributed by atoms with Gasteiger partial charge >= 0.3 is 6.09 Å². The first-order chi connectivity index (χ1) is 9.28. The van der Waals surface area contributed by atoms with Crippen molar-refractivity contribution in [2.75, 3.05) is 17.2 Å². The molecule has 19 heavy (non-hydrogen) atoms. The largest absolute Gasteiger partial charge is 0.450 e. The van der Waals surface area contributed by atoms with E-state index in [-0.39, 0.29) is 0 Å². The van der Waals surface area contributed by atoms with E-state index in [1.165, 1.54) is 0 Å². The minimum atomic E-state index is -0.436. The minimum Gasteiger partial charge on any atom is -0.450 e. The van der Waals surface area contributed by atoms with E-state index in [9.17, 15) is 4.79 Å². The van der Waals surface area contributed by atoms with Gasteiger partial charge in [-0.3, -0.25) is 5.32 Å². The maximum absolute atomic E-state index is 11.2. The van der Waals surface area contributed by atoms with Crippen molar-refractivity contribution in [3.8, 4) is 0 Å². The third kappa shape index (κ3) is 4.06. The van der Waals surface area contributed by atoms with E-state index in [0.29, 0.717) is 12.3 Å². The summed E-state index contributed by atoms with van der Waals surface area (Å²) in [5.41, 5.74) is 2.82. The van der Waals surface area contributed by atoms with Gasteiger partial charge in [0, 0.05) is 23.3 Å². The molecule has 0 aliphatic carbocycles. The molecule has 0 spiro atoms. The lowest BCUT2D eigenvalue weighted by atomic mass is 10.2. The molecule has 0 aliphatic heterocycles. The summed E-state index contributed by atoms with van der Waals surface area (Å²) in [5.74, 6) is 0. The number of ether oxygens (including phenoxy) is 1. The zero-order valence-electron chi connectivity index (χ0n) is 10.8. The zero-order chi connectivity index (χ0) is 13.5. The molecule has 0 saturated carbocycles. The monoisotopic (exact) mass is 259 g/mol. The van der Waals surface area contributed by atoms with Crippen LogP contribution >= 0.6 is 0 Å². The first-order valence-electron chi connectivity index (χ1n) is 6.18. The summed E-state index contributed by atoms with van der Waals surface area (Å²) in [7, 11) is 0. The average molecular weight is 259 g/mol. The normalized spacial score (nSPS) is 9.95. The predicted molar refractivity (Wildman–Crippen MR) is 75.2 cm³/mol. The van der Waals surface area contributed by atoms with Crippen LogP contribution in [0.5, 0.6) is 0 Å². The first kappa shape index (κ1) is 13.0. The summed E-state index contributed by atoms with van der Waals surface area (Å²) in [6.45, 7) is 2.87. The Morgan fingerprint density at radius 1 is 1.21 bits per heavy atom. The van der Waals surface area contributed by atoms with Gasteiger partial charge in [0.1, 0.15) is 0 Å². The Kier molecular flexibility index (Phi) is 4.44. The van der Waals surface area contributed by atoms with Crippen LogP contribution in [0.2, 0.25) is 0 Å². The Bertz CT molecular complexity index is 506. The molecule has 1 amide bonds. The molecule has 5 heteroatoms. The molecule has 0 saturated heterocycles. The molecule has 5 nitrogen and oxygen atoms in total. The molecule has 0 fully saturated rings. The molecule has 0 radical (unpaired) electrons. The second-order valence-electron chi connectivity index (χ2n) is 3.97. The van der Waals surface area contributed by atoms with Crippen LogP contribution in [0.4, 0.5) is 16.2 Å². The maximum Gasteiger partial charge on any atom is 0.411 e. The van der Waals surface area contributed by atoms with Gasteiger partial charge in [-0.15, -0.1) is 0 Å². The molecule has 0 unspecified atom stereocenters. The number of anilines is 2. The molecule has 0 atom stereocenters. The maximum atomic E-state index is 11.2. The average Bonchev–Trinajstić information content (AvgIpc) is 2.91. The second kappa shape index (κ2) is 6.49. The SMILES string of the molecule is CCOC(=O)Nc1ccc(NCc2ccc[nH]2)cc1. The van der Waals surface area contributed by atoms with Gasteiger partial charge in [-0.05, 0) is 43.3 Å². The molecular weight excluding hydrogens is 242 g/mol. The second-order valence-corrected chi connectivity index (χ2v) is 3.97. The van der Waals surface area contributed by atoms with Crippen LogP contribution in [0.15, 0.2) is 42.6 Å². The van der Waals surface area contributed by atoms with Crippen LogP contribution in [0, 0.1) is 0 Å². The van der Waals surface area contributed by atoms with Gasteiger partial charge in [0.25, 0.3) is 0 Å². The number of hydrogen-bond acceptors (Lipinski definition) is 3. The van der Waals surface area contributed by atoms with Crippen LogP contribution in [0.1, 0.15) is 12.6 Å². The van der Waals surface area contributed by atoms with Crippen LogP contribution in [-0.4, -0.2) is 17.7 Å². The van der Waals surface area contributed by atoms with Crippen LogP contribution < -0.4 is 10.6 Å². The third-order valence-corrected chi connectivity index (χ3v) is 2.55. The molecule has 0 aliphatic rings. The molecule has 3 N–H and O–H groups in total. The highest BCUT2D eigenvalue weighted by atomic mass is 16.5. The predicted octanol–water partition coefficient (Wildman–Crippen LogP) is 3.20. The minimum absolute atomic E-state index is 0.363. The van der Waals surface area contributed by atoms with Crippen molar-refractivity contribution in [2.45, 2.75) is 13.5 Å². The number of aromatic amines is 1. The van der Waals surface area contributed by atoms with Gasteiger partial charge in [0.15, 0.2) is 0 Å². The molecule has 1 aromatic heterocycles. The van der Waals surface area contributed by atoms with Crippen molar-refractivity contribution < 1.29 is 9.53 Å². The number of aromatic nitrogens is 1. The Morgan fingerprint density at radius 3 is 2.58 bits per heavy atom. The number of amides is 1. The van der Waals surface area contributed by atoms with Crippen molar-refractivity contribution in [3.05, 3.63) is 48.3 Å². The summed E-state index contributed by atoms with van der Waals surface area (Å²) >= 11 is 0. The van der Waals surface area contributed by atoms with Crippen LogP contribution in [-0.2, 0) is 11.3 Å². The molecule has 1 heterocycles.